The van der Waals surface area contributed by atoms with E-state index >= 15 is 0 Å². The fraction of sp³-hybridized carbons (Fsp3) is 0.0476. The summed E-state index contributed by atoms with van der Waals surface area (Å²) in [6.45, 7) is 0.450. The van der Waals surface area contributed by atoms with E-state index in [1.165, 1.54) is 0 Å². The van der Waals surface area contributed by atoms with Crippen molar-refractivity contribution in [3.63, 3.8) is 0 Å². The van der Waals surface area contributed by atoms with Crippen molar-refractivity contribution >= 4 is 40.8 Å². The number of hydrogen-bond donors (Lipinski definition) is 0. The molecule has 1 aliphatic rings. The van der Waals surface area contributed by atoms with Gasteiger partial charge in [-0.2, -0.15) is 0 Å². The van der Waals surface area contributed by atoms with Crippen LogP contribution in [0.2, 0.25) is 5.02 Å². The van der Waals surface area contributed by atoms with Crippen LogP contribution in [-0.2, 0) is 11.3 Å². The van der Waals surface area contributed by atoms with Crippen molar-refractivity contribution in [2.75, 3.05) is 0 Å². The van der Waals surface area contributed by atoms with Gasteiger partial charge in [0, 0.05) is 15.5 Å². The minimum Gasteiger partial charge on any atom is -0.286 e. The number of amidine groups is 1. The van der Waals surface area contributed by atoms with Crippen LogP contribution in [0.1, 0.15) is 16.0 Å². The van der Waals surface area contributed by atoms with Gasteiger partial charge in [0.05, 0.1) is 6.54 Å². The lowest BCUT2D eigenvalue weighted by Crippen LogP contribution is -2.32. The van der Waals surface area contributed by atoms with Gasteiger partial charge in [-0.1, -0.05) is 60.1 Å². The highest BCUT2D eigenvalue weighted by Crippen LogP contribution is 2.25. The standard InChI is InChI=1S/C21H15ClN2OS/c22-17-10-8-15(9-11-17)14-24-20(16-5-2-1-3-6-16)23-19(21(24)25)13-18-7-4-12-26-18/h1-13H,14H2/b19-13+. The second-order valence-corrected chi connectivity index (χ2v) is 7.28. The highest BCUT2D eigenvalue weighted by atomic mass is 35.5. The molecule has 3 nitrogen and oxygen atoms in total. The summed E-state index contributed by atoms with van der Waals surface area (Å²) < 4.78 is 0. The summed E-state index contributed by atoms with van der Waals surface area (Å²) in [7, 11) is 0. The minimum atomic E-state index is -0.0906. The molecule has 0 aliphatic carbocycles. The summed E-state index contributed by atoms with van der Waals surface area (Å²) in [6, 6.07) is 21.2. The van der Waals surface area contributed by atoms with Gasteiger partial charge >= 0.3 is 0 Å². The van der Waals surface area contributed by atoms with E-state index in [2.05, 4.69) is 4.99 Å². The first-order valence-corrected chi connectivity index (χ1v) is 9.42. The molecule has 26 heavy (non-hydrogen) atoms. The van der Waals surface area contributed by atoms with Gasteiger partial charge < -0.3 is 0 Å². The van der Waals surface area contributed by atoms with E-state index in [9.17, 15) is 4.79 Å². The molecule has 4 rings (SSSR count). The summed E-state index contributed by atoms with van der Waals surface area (Å²) in [6.07, 6.45) is 1.85. The molecule has 0 fully saturated rings. The van der Waals surface area contributed by atoms with Gasteiger partial charge in [0.25, 0.3) is 5.91 Å². The maximum Gasteiger partial charge on any atom is 0.278 e. The van der Waals surface area contributed by atoms with Crippen molar-refractivity contribution in [2.24, 2.45) is 4.99 Å². The van der Waals surface area contributed by atoms with Crippen LogP contribution >= 0.6 is 22.9 Å². The fourth-order valence-corrected chi connectivity index (χ4v) is 3.56. The number of rotatable bonds is 4. The van der Waals surface area contributed by atoms with Crippen molar-refractivity contribution in [2.45, 2.75) is 6.54 Å². The van der Waals surface area contributed by atoms with Crippen molar-refractivity contribution < 1.29 is 4.79 Å². The monoisotopic (exact) mass is 378 g/mol. The van der Waals surface area contributed by atoms with Gasteiger partial charge in [0.15, 0.2) is 0 Å². The van der Waals surface area contributed by atoms with Crippen molar-refractivity contribution in [3.05, 3.63) is 98.8 Å². The van der Waals surface area contributed by atoms with E-state index in [0.29, 0.717) is 23.1 Å². The second-order valence-electron chi connectivity index (χ2n) is 5.86. The maximum absolute atomic E-state index is 13.0. The quantitative estimate of drug-likeness (QED) is 0.572. The Bertz CT molecular complexity index is 977. The average molecular weight is 379 g/mol. The number of hydrogen-bond acceptors (Lipinski definition) is 3. The van der Waals surface area contributed by atoms with Gasteiger partial charge in [-0.05, 0) is 35.2 Å². The molecule has 0 spiro atoms. The molecule has 128 valence electrons. The van der Waals surface area contributed by atoms with Crippen LogP contribution in [-0.4, -0.2) is 16.6 Å². The minimum absolute atomic E-state index is 0.0906. The smallest absolute Gasteiger partial charge is 0.278 e. The molecule has 0 saturated carbocycles. The van der Waals surface area contributed by atoms with E-state index < -0.39 is 0 Å². The number of thiophene rings is 1. The Labute approximate surface area is 160 Å². The second kappa shape index (κ2) is 7.28. The molecule has 2 heterocycles. The van der Waals surface area contributed by atoms with E-state index in [0.717, 1.165) is 16.0 Å². The summed E-state index contributed by atoms with van der Waals surface area (Å²) in [5.74, 6) is 0.584. The molecule has 0 bridgehead atoms. The Morgan fingerprint density at radius 3 is 2.46 bits per heavy atom. The van der Waals surface area contributed by atoms with Crippen molar-refractivity contribution in [1.29, 1.82) is 0 Å². The number of amides is 1. The zero-order valence-electron chi connectivity index (χ0n) is 13.8. The lowest BCUT2D eigenvalue weighted by molar-refractivity contribution is -0.123. The summed E-state index contributed by atoms with van der Waals surface area (Å²) in [5.41, 5.74) is 2.38. The first kappa shape index (κ1) is 16.8. The van der Waals surface area contributed by atoms with Crippen LogP contribution in [0.3, 0.4) is 0 Å². The molecule has 1 amide bonds. The molecule has 0 N–H and O–H groups in total. The molecule has 2 aromatic carbocycles. The molecular formula is C21H15ClN2OS. The third kappa shape index (κ3) is 3.47. The molecule has 5 heteroatoms. The fourth-order valence-electron chi connectivity index (χ4n) is 2.79. The number of halogens is 1. The Morgan fingerprint density at radius 2 is 1.77 bits per heavy atom. The van der Waals surface area contributed by atoms with E-state index in [1.54, 1.807) is 16.2 Å². The van der Waals surface area contributed by atoms with E-state index in [-0.39, 0.29) is 5.91 Å². The molecule has 3 aromatic rings. The van der Waals surface area contributed by atoms with Crippen LogP contribution in [0, 0.1) is 0 Å². The highest BCUT2D eigenvalue weighted by Gasteiger charge is 2.31. The Morgan fingerprint density at radius 1 is 1.00 bits per heavy atom. The topological polar surface area (TPSA) is 32.7 Å². The van der Waals surface area contributed by atoms with Gasteiger partial charge in [-0.25, -0.2) is 4.99 Å². The molecule has 0 atom stereocenters. The third-order valence-corrected chi connectivity index (χ3v) is 5.13. The van der Waals surface area contributed by atoms with Gasteiger partial charge in [-0.15, -0.1) is 11.3 Å². The van der Waals surface area contributed by atoms with Crippen molar-refractivity contribution in [3.8, 4) is 0 Å². The number of aliphatic imine (C=N–C) groups is 1. The average Bonchev–Trinajstić information content (AvgIpc) is 3.28. The van der Waals surface area contributed by atoms with Gasteiger partial charge in [0.1, 0.15) is 11.5 Å². The summed E-state index contributed by atoms with van der Waals surface area (Å²) >= 11 is 7.56. The third-order valence-electron chi connectivity index (χ3n) is 4.05. The lowest BCUT2D eigenvalue weighted by Gasteiger charge is -2.18. The molecule has 1 aromatic heterocycles. The van der Waals surface area contributed by atoms with E-state index in [4.69, 9.17) is 11.6 Å². The van der Waals surface area contributed by atoms with Crippen molar-refractivity contribution in [1.82, 2.24) is 4.90 Å². The first-order chi connectivity index (χ1) is 12.7. The highest BCUT2D eigenvalue weighted by molar-refractivity contribution is 7.10. The Balaban J connectivity index is 1.72. The summed E-state index contributed by atoms with van der Waals surface area (Å²) in [4.78, 5) is 20.4. The predicted octanol–water partition coefficient (Wildman–Crippen LogP) is 5.23. The Kier molecular flexibility index (Phi) is 4.69. The van der Waals surface area contributed by atoms with Gasteiger partial charge in [-0.3, -0.25) is 9.69 Å². The SMILES string of the molecule is O=C1/C(=C\c2cccs2)N=C(c2ccccc2)N1Cc1ccc(Cl)cc1. The number of carbonyl (C=O) groups is 1. The zero-order chi connectivity index (χ0) is 17.9. The molecule has 1 aliphatic heterocycles. The van der Waals surface area contributed by atoms with E-state index in [1.807, 2.05) is 78.2 Å². The van der Waals surface area contributed by atoms with Crippen LogP contribution in [0.5, 0.6) is 0 Å². The molecular weight excluding hydrogens is 364 g/mol. The summed E-state index contributed by atoms with van der Waals surface area (Å²) in [5, 5.41) is 2.66. The van der Waals surface area contributed by atoms with Crippen LogP contribution in [0.25, 0.3) is 6.08 Å². The number of carbonyl (C=O) groups excluding carboxylic acids is 1. The number of benzene rings is 2. The lowest BCUT2D eigenvalue weighted by atomic mass is 10.1. The molecule has 0 unspecified atom stereocenters. The maximum atomic E-state index is 13.0. The largest absolute Gasteiger partial charge is 0.286 e. The predicted molar refractivity (Wildman–Crippen MR) is 107 cm³/mol. The normalized spacial score (nSPS) is 15.6. The molecule has 0 radical (unpaired) electrons. The number of nitrogens with zero attached hydrogens (tertiary/aromatic N) is 2. The molecule has 0 saturated heterocycles. The first-order valence-electron chi connectivity index (χ1n) is 8.16. The van der Waals surface area contributed by atoms with Crippen LogP contribution in [0.4, 0.5) is 0 Å². The Hall–Kier alpha value is -2.69. The van der Waals surface area contributed by atoms with Crippen LogP contribution in [0.15, 0.2) is 82.8 Å². The van der Waals surface area contributed by atoms with Gasteiger partial charge in [0.2, 0.25) is 0 Å². The zero-order valence-corrected chi connectivity index (χ0v) is 15.4. The van der Waals surface area contributed by atoms with Crippen LogP contribution < -0.4 is 0 Å².